The highest BCUT2D eigenvalue weighted by atomic mass is 16.5. The van der Waals surface area contributed by atoms with Gasteiger partial charge >= 0.3 is 0 Å². The second-order valence-electron chi connectivity index (χ2n) is 5.43. The molecule has 2 aromatic rings. The molecule has 0 fully saturated rings. The van der Waals surface area contributed by atoms with Crippen molar-refractivity contribution < 1.29 is 19.1 Å². The molecule has 1 aliphatic heterocycles. The second kappa shape index (κ2) is 6.93. The summed E-state index contributed by atoms with van der Waals surface area (Å²) in [6, 6.07) is 13.5. The average Bonchev–Trinajstić information content (AvgIpc) is 2.61. The minimum Gasteiger partial charge on any atom is -0.484 e. The molecule has 0 bridgehead atoms. The molecule has 1 atom stereocenters. The van der Waals surface area contributed by atoms with E-state index in [4.69, 9.17) is 14.7 Å². The summed E-state index contributed by atoms with van der Waals surface area (Å²) in [4.78, 5) is 23.6. The Labute approximate surface area is 144 Å². The van der Waals surface area contributed by atoms with Gasteiger partial charge < -0.3 is 20.1 Å². The molecule has 0 unspecified atom stereocenters. The van der Waals surface area contributed by atoms with E-state index in [0.717, 1.165) is 0 Å². The van der Waals surface area contributed by atoms with Gasteiger partial charge in [-0.3, -0.25) is 9.59 Å². The minimum atomic E-state index is -0.547. The van der Waals surface area contributed by atoms with E-state index in [2.05, 4.69) is 10.6 Å². The second-order valence-corrected chi connectivity index (χ2v) is 5.43. The van der Waals surface area contributed by atoms with Crippen LogP contribution in [-0.2, 0) is 9.59 Å². The van der Waals surface area contributed by atoms with Crippen LogP contribution in [0, 0.1) is 11.3 Å². The van der Waals surface area contributed by atoms with Crippen molar-refractivity contribution in [3.63, 3.8) is 0 Å². The molecular formula is C18H15N3O4. The van der Waals surface area contributed by atoms with E-state index in [1.807, 2.05) is 6.07 Å². The number of nitriles is 1. The number of nitrogens with zero attached hydrogens (tertiary/aromatic N) is 1. The number of fused-ring (bicyclic) bond motifs is 1. The van der Waals surface area contributed by atoms with Crippen molar-refractivity contribution in [2.45, 2.75) is 13.0 Å². The monoisotopic (exact) mass is 337 g/mol. The SMILES string of the molecule is C[C@H]1Oc2ccc(NC(=O)COc3ccc(C#N)cc3)cc2NC1=O. The quantitative estimate of drug-likeness (QED) is 0.891. The number of carbonyl (C=O) groups excluding carboxylic acids is 2. The van der Waals surface area contributed by atoms with Crippen molar-refractivity contribution >= 4 is 23.2 Å². The first-order chi connectivity index (χ1) is 12.0. The number of ether oxygens (including phenoxy) is 2. The maximum absolute atomic E-state index is 12.0. The Morgan fingerprint density at radius 3 is 2.80 bits per heavy atom. The summed E-state index contributed by atoms with van der Waals surface area (Å²) in [7, 11) is 0. The van der Waals surface area contributed by atoms with Crippen LogP contribution in [0.4, 0.5) is 11.4 Å². The zero-order valence-corrected chi connectivity index (χ0v) is 13.4. The predicted octanol–water partition coefficient (Wildman–Crippen LogP) is 2.30. The predicted molar refractivity (Wildman–Crippen MR) is 90.4 cm³/mol. The third-order valence-electron chi connectivity index (χ3n) is 3.55. The fourth-order valence-electron chi connectivity index (χ4n) is 2.26. The molecule has 0 saturated heterocycles. The maximum Gasteiger partial charge on any atom is 0.265 e. The van der Waals surface area contributed by atoms with E-state index in [1.54, 1.807) is 49.4 Å². The number of rotatable bonds is 4. The molecule has 0 radical (unpaired) electrons. The number of anilines is 2. The Kier molecular flexibility index (Phi) is 4.53. The van der Waals surface area contributed by atoms with Gasteiger partial charge in [-0.1, -0.05) is 0 Å². The lowest BCUT2D eigenvalue weighted by Crippen LogP contribution is -2.34. The van der Waals surface area contributed by atoms with E-state index >= 15 is 0 Å². The van der Waals surface area contributed by atoms with Gasteiger partial charge in [0.05, 0.1) is 17.3 Å². The molecule has 25 heavy (non-hydrogen) atoms. The molecule has 7 nitrogen and oxygen atoms in total. The van der Waals surface area contributed by atoms with Crippen LogP contribution in [0.2, 0.25) is 0 Å². The summed E-state index contributed by atoms with van der Waals surface area (Å²) in [6.45, 7) is 1.48. The van der Waals surface area contributed by atoms with Crippen LogP contribution in [0.1, 0.15) is 12.5 Å². The summed E-state index contributed by atoms with van der Waals surface area (Å²) in [6.07, 6.45) is -0.547. The van der Waals surface area contributed by atoms with Crippen molar-refractivity contribution in [2.75, 3.05) is 17.2 Å². The number of carbonyl (C=O) groups is 2. The van der Waals surface area contributed by atoms with Crippen molar-refractivity contribution in [1.29, 1.82) is 5.26 Å². The van der Waals surface area contributed by atoms with Gasteiger partial charge in [0, 0.05) is 5.69 Å². The normalized spacial score (nSPS) is 15.2. The first kappa shape index (κ1) is 16.3. The zero-order valence-electron chi connectivity index (χ0n) is 13.4. The molecule has 1 heterocycles. The van der Waals surface area contributed by atoms with Crippen LogP contribution in [0.3, 0.4) is 0 Å². The van der Waals surface area contributed by atoms with Crippen molar-refractivity contribution in [3.05, 3.63) is 48.0 Å². The van der Waals surface area contributed by atoms with Gasteiger partial charge in [0.2, 0.25) is 0 Å². The first-order valence-corrected chi connectivity index (χ1v) is 7.59. The molecular weight excluding hydrogens is 322 g/mol. The number of nitrogens with one attached hydrogen (secondary N) is 2. The first-order valence-electron chi connectivity index (χ1n) is 7.59. The van der Waals surface area contributed by atoms with Crippen molar-refractivity contribution in [2.24, 2.45) is 0 Å². The van der Waals surface area contributed by atoms with Crippen LogP contribution >= 0.6 is 0 Å². The number of benzene rings is 2. The van der Waals surface area contributed by atoms with Gasteiger partial charge in [0.15, 0.2) is 12.7 Å². The van der Waals surface area contributed by atoms with Crippen LogP contribution in [-0.4, -0.2) is 24.5 Å². The molecule has 126 valence electrons. The fraction of sp³-hybridized carbons (Fsp3) is 0.167. The molecule has 0 spiro atoms. The molecule has 2 amide bonds. The number of amides is 2. The molecule has 0 saturated carbocycles. The van der Waals surface area contributed by atoms with Gasteiger partial charge in [0.1, 0.15) is 11.5 Å². The zero-order chi connectivity index (χ0) is 17.8. The lowest BCUT2D eigenvalue weighted by atomic mass is 10.2. The van der Waals surface area contributed by atoms with Crippen molar-refractivity contribution in [3.8, 4) is 17.6 Å². The van der Waals surface area contributed by atoms with Crippen LogP contribution in [0.15, 0.2) is 42.5 Å². The fourth-order valence-corrected chi connectivity index (χ4v) is 2.26. The number of hydrogen-bond donors (Lipinski definition) is 2. The van der Waals surface area contributed by atoms with Crippen molar-refractivity contribution in [1.82, 2.24) is 0 Å². The summed E-state index contributed by atoms with van der Waals surface area (Å²) < 4.78 is 10.8. The Bertz CT molecular complexity index is 856. The van der Waals surface area contributed by atoms with E-state index in [1.165, 1.54) is 0 Å². The highest BCUT2D eigenvalue weighted by molar-refractivity contribution is 5.99. The van der Waals surface area contributed by atoms with Gasteiger partial charge in [-0.2, -0.15) is 5.26 Å². The van der Waals surface area contributed by atoms with Crippen LogP contribution in [0.25, 0.3) is 0 Å². The van der Waals surface area contributed by atoms with E-state index in [0.29, 0.717) is 28.4 Å². The van der Waals surface area contributed by atoms with Gasteiger partial charge in [-0.15, -0.1) is 0 Å². The lowest BCUT2D eigenvalue weighted by molar-refractivity contribution is -0.122. The highest BCUT2D eigenvalue weighted by Crippen LogP contribution is 2.32. The smallest absolute Gasteiger partial charge is 0.265 e. The third kappa shape index (κ3) is 3.87. The van der Waals surface area contributed by atoms with Crippen LogP contribution < -0.4 is 20.1 Å². The van der Waals surface area contributed by atoms with Gasteiger partial charge in [-0.25, -0.2) is 0 Å². The van der Waals surface area contributed by atoms with Gasteiger partial charge in [-0.05, 0) is 49.4 Å². The molecule has 1 aliphatic rings. The topological polar surface area (TPSA) is 100 Å². The molecule has 0 aliphatic carbocycles. The molecule has 2 aromatic carbocycles. The minimum absolute atomic E-state index is 0.178. The molecule has 0 aromatic heterocycles. The summed E-state index contributed by atoms with van der Waals surface area (Å²) in [5.41, 5.74) is 1.55. The Balaban J connectivity index is 1.58. The van der Waals surface area contributed by atoms with Gasteiger partial charge in [0.25, 0.3) is 11.8 Å². The summed E-state index contributed by atoms with van der Waals surface area (Å²) in [5.74, 6) is 0.467. The Morgan fingerprint density at radius 2 is 2.08 bits per heavy atom. The summed E-state index contributed by atoms with van der Waals surface area (Å²) >= 11 is 0. The highest BCUT2D eigenvalue weighted by Gasteiger charge is 2.23. The van der Waals surface area contributed by atoms with Crippen LogP contribution in [0.5, 0.6) is 11.5 Å². The standard InChI is InChI=1S/C18H15N3O4/c1-11-18(23)21-15-8-13(4-7-16(15)25-11)20-17(22)10-24-14-5-2-12(9-19)3-6-14/h2-8,11H,10H2,1H3,(H,20,22)(H,21,23)/t11-/m1/s1. The number of hydrogen-bond acceptors (Lipinski definition) is 5. The average molecular weight is 337 g/mol. The van der Waals surface area contributed by atoms with E-state index in [9.17, 15) is 9.59 Å². The largest absolute Gasteiger partial charge is 0.484 e. The molecule has 7 heteroatoms. The molecule has 2 N–H and O–H groups in total. The van der Waals surface area contributed by atoms with E-state index in [-0.39, 0.29) is 18.4 Å². The lowest BCUT2D eigenvalue weighted by Gasteiger charge is -2.23. The van der Waals surface area contributed by atoms with E-state index < -0.39 is 6.10 Å². The Hall–Kier alpha value is -3.53. The summed E-state index contributed by atoms with van der Waals surface area (Å²) in [5, 5.41) is 14.1. The Morgan fingerprint density at radius 1 is 1.32 bits per heavy atom. The third-order valence-corrected chi connectivity index (χ3v) is 3.55. The maximum atomic E-state index is 12.0. The molecule has 3 rings (SSSR count).